The standard InChI is InChI=1S/C20H17N3O5S/c24-16(10-11-29-13-6-2-1-3-7-13)21-17(25)12-23-19(26)15-9-5-4-8-14(15)18(22-23)20(27)28/h1-9H,10-12H2,(H,27,28)(H,21,24,25). The summed E-state index contributed by atoms with van der Waals surface area (Å²) in [6.45, 7) is -0.554. The van der Waals surface area contributed by atoms with Crippen LogP contribution in [0.1, 0.15) is 16.9 Å². The molecule has 0 saturated heterocycles. The minimum atomic E-state index is -1.32. The fourth-order valence-electron chi connectivity index (χ4n) is 2.67. The summed E-state index contributed by atoms with van der Waals surface area (Å²) in [5.41, 5.74) is -0.939. The fourth-order valence-corrected chi connectivity index (χ4v) is 3.54. The largest absolute Gasteiger partial charge is 0.476 e. The van der Waals surface area contributed by atoms with Crippen molar-refractivity contribution in [3.8, 4) is 0 Å². The van der Waals surface area contributed by atoms with E-state index in [-0.39, 0.29) is 22.9 Å². The van der Waals surface area contributed by atoms with Crippen LogP contribution in [0.3, 0.4) is 0 Å². The average molecular weight is 411 g/mol. The second-order valence-electron chi connectivity index (χ2n) is 6.05. The number of carbonyl (C=O) groups is 3. The maximum Gasteiger partial charge on any atom is 0.357 e. The van der Waals surface area contributed by atoms with Crippen molar-refractivity contribution in [3.05, 3.63) is 70.6 Å². The Balaban J connectivity index is 1.65. The zero-order chi connectivity index (χ0) is 20.8. The third-order valence-electron chi connectivity index (χ3n) is 3.98. The number of carboxylic acid groups (broad SMARTS) is 1. The fraction of sp³-hybridized carbons (Fsp3) is 0.150. The Morgan fingerprint density at radius 1 is 0.966 bits per heavy atom. The van der Waals surface area contributed by atoms with E-state index in [4.69, 9.17) is 0 Å². The molecule has 1 heterocycles. The van der Waals surface area contributed by atoms with Gasteiger partial charge in [-0.1, -0.05) is 36.4 Å². The summed E-state index contributed by atoms with van der Waals surface area (Å²) in [5, 5.41) is 15.6. The van der Waals surface area contributed by atoms with Crippen molar-refractivity contribution in [1.29, 1.82) is 0 Å². The number of aromatic nitrogens is 2. The quantitative estimate of drug-likeness (QED) is 0.570. The van der Waals surface area contributed by atoms with Crippen LogP contribution in [0.25, 0.3) is 10.8 Å². The van der Waals surface area contributed by atoms with Crippen LogP contribution >= 0.6 is 11.8 Å². The van der Waals surface area contributed by atoms with E-state index in [1.165, 1.54) is 23.9 Å². The summed E-state index contributed by atoms with van der Waals surface area (Å²) in [6.07, 6.45) is 0.117. The predicted octanol–water partition coefficient (Wildman–Crippen LogP) is 1.92. The normalized spacial score (nSPS) is 10.6. The van der Waals surface area contributed by atoms with E-state index in [9.17, 15) is 24.3 Å². The lowest BCUT2D eigenvalue weighted by atomic mass is 10.1. The zero-order valence-corrected chi connectivity index (χ0v) is 16.0. The minimum absolute atomic E-state index is 0.117. The van der Waals surface area contributed by atoms with Gasteiger partial charge in [-0.3, -0.25) is 19.7 Å². The molecule has 9 heteroatoms. The zero-order valence-electron chi connectivity index (χ0n) is 15.2. The Hall–Kier alpha value is -3.46. The molecule has 0 aliphatic rings. The van der Waals surface area contributed by atoms with E-state index >= 15 is 0 Å². The van der Waals surface area contributed by atoms with E-state index in [2.05, 4.69) is 10.4 Å². The Labute approximate surface area is 169 Å². The average Bonchev–Trinajstić information content (AvgIpc) is 2.70. The number of thioether (sulfide) groups is 1. The molecule has 0 radical (unpaired) electrons. The van der Waals surface area contributed by atoms with Gasteiger partial charge in [0.2, 0.25) is 11.8 Å². The monoisotopic (exact) mass is 411 g/mol. The van der Waals surface area contributed by atoms with E-state index < -0.39 is 29.9 Å². The lowest BCUT2D eigenvalue weighted by Gasteiger charge is -2.09. The van der Waals surface area contributed by atoms with E-state index in [1.54, 1.807) is 12.1 Å². The Morgan fingerprint density at radius 3 is 2.31 bits per heavy atom. The summed E-state index contributed by atoms with van der Waals surface area (Å²) in [7, 11) is 0. The summed E-state index contributed by atoms with van der Waals surface area (Å²) in [5.74, 6) is -2.04. The van der Waals surface area contributed by atoms with Gasteiger partial charge in [0.15, 0.2) is 5.69 Å². The first kappa shape index (κ1) is 20.3. The van der Waals surface area contributed by atoms with Crippen LogP contribution < -0.4 is 10.9 Å². The van der Waals surface area contributed by atoms with Gasteiger partial charge in [0.05, 0.1) is 5.39 Å². The van der Waals surface area contributed by atoms with Gasteiger partial charge in [0.25, 0.3) is 5.56 Å². The molecule has 0 aliphatic heterocycles. The molecule has 3 rings (SSSR count). The number of carbonyl (C=O) groups excluding carboxylic acids is 2. The van der Waals surface area contributed by atoms with Crippen molar-refractivity contribution in [2.75, 3.05) is 5.75 Å². The molecule has 0 aliphatic carbocycles. The Kier molecular flexibility index (Phi) is 6.40. The van der Waals surface area contributed by atoms with E-state index in [0.29, 0.717) is 5.75 Å². The van der Waals surface area contributed by atoms with Crippen molar-refractivity contribution >= 4 is 40.3 Å². The van der Waals surface area contributed by atoms with Gasteiger partial charge in [-0.25, -0.2) is 9.48 Å². The van der Waals surface area contributed by atoms with Crippen molar-refractivity contribution in [3.63, 3.8) is 0 Å². The van der Waals surface area contributed by atoms with Gasteiger partial charge in [-0.2, -0.15) is 5.10 Å². The molecule has 148 valence electrons. The number of benzene rings is 2. The number of aromatic carboxylic acids is 1. The molecule has 29 heavy (non-hydrogen) atoms. The van der Waals surface area contributed by atoms with Crippen LogP contribution in [-0.4, -0.2) is 38.4 Å². The van der Waals surface area contributed by atoms with Gasteiger partial charge in [0.1, 0.15) is 6.54 Å². The first-order valence-corrected chi connectivity index (χ1v) is 9.68. The molecule has 1 aromatic heterocycles. The number of hydrogen-bond acceptors (Lipinski definition) is 6. The molecule has 0 spiro atoms. The van der Waals surface area contributed by atoms with Crippen molar-refractivity contribution < 1.29 is 19.5 Å². The van der Waals surface area contributed by atoms with Crippen LogP contribution in [0.5, 0.6) is 0 Å². The highest BCUT2D eigenvalue weighted by molar-refractivity contribution is 7.99. The molecular formula is C20H17N3O5S. The molecule has 0 saturated carbocycles. The number of hydrogen-bond donors (Lipinski definition) is 2. The highest BCUT2D eigenvalue weighted by Crippen LogP contribution is 2.17. The molecule has 0 bridgehead atoms. The van der Waals surface area contributed by atoms with Crippen molar-refractivity contribution in [2.45, 2.75) is 17.9 Å². The second kappa shape index (κ2) is 9.16. The van der Waals surface area contributed by atoms with Gasteiger partial charge in [0, 0.05) is 22.5 Å². The van der Waals surface area contributed by atoms with Crippen LogP contribution in [0, 0.1) is 0 Å². The lowest BCUT2D eigenvalue weighted by molar-refractivity contribution is -0.130. The topological polar surface area (TPSA) is 118 Å². The minimum Gasteiger partial charge on any atom is -0.476 e. The number of amides is 2. The molecule has 2 aromatic carbocycles. The molecule has 8 nitrogen and oxygen atoms in total. The highest BCUT2D eigenvalue weighted by Gasteiger charge is 2.17. The molecule has 3 aromatic rings. The maximum atomic E-state index is 12.5. The third kappa shape index (κ3) is 5.08. The molecule has 0 atom stereocenters. The van der Waals surface area contributed by atoms with Crippen molar-refractivity contribution in [2.24, 2.45) is 0 Å². The molecule has 2 amide bonds. The highest BCUT2D eigenvalue weighted by atomic mass is 32.2. The first-order valence-electron chi connectivity index (χ1n) is 8.69. The summed E-state index contributed by atoms with van der Waals surface area (Å²) in [6, 6.07) is 15.7. The third-order valence-corrected chi connectivity index (χ3v) is 5.00. The maximum absolute atomic E-state index is 12.5. The predicted molar refractivity (Wildman–Crippen MR) is 108 cm³/mol. The number of fused-ring (bicyclic) bond motifs is 1. The van der Waals surface area contributed by atoms with Crippen LogP contribution in [0.2, 0.25) is 0 Å². The molecule has 0 fully saturated rings. The number of nitrogens with zero attached hydrogens (tertiary/aromatic N) is 2. The summed E-state index contributed by atoms with van der Waals surface area (Å²) >= 11 is 1.48. The number of rotatable bonds is 7. The van der Waals surface area contributed by atoms with Gasteiger partial charge in [-0.15, -0.1) is 11.8 Å². The van der Waals surface area contributed by atoms with Crippen LogP contribution in [0.4, 0.5) is 0 Å². The Morgan fingerprint density at radius 2 is 1.62 bits per heavy atom. The Bertz CT molecular complexity index is 1130. The van der Waals surface area contributed by atoms with E-state index in [0.717, 1.165) is 9.58 Å². The summed E-state index contributed by atoms with van der Waals surface area (Å²) < 4.78 is 0.757. The number of nitrogens with one attached hydrogen (secondary N) is 1. The van der Waals surface area contributed by atoms with Gasteiger partial charge >= 0.3 is 5.97 Å². The molecule has 0 unspecified atom stereocenters. The lowest BCUT2D eigenvalue weighted by Crippen LogP contribution is -2.37. The second-order valence-corrected chi connectivity index (χ2v) is 7.21. The smallest absolute Gasteiger partial charge is 0.357 e. The van der Waals surface area contributed by atoms with Crippen LogP contribution in [0.15, 0.2) is 64.3 Å². The first-order chi connectivity index (χ1) is 14.0. The van der Waals surface area contributed by atoms with Gasteiger partial charge < -0.3 is 5.11 Å². The van der Waals surface area contributed by atoms with Gasteiger partial charge in [-0.05, 0) is 18.2 Å². The summed E-state index contributed by atoms with van der Waals surface area (Å²) in [4.78, 5) is 49.0. The number of carboxylic acids is 1. The van der Waals surface area contributed by atoms with Crippen molar-refractivity contribution in [1.82, 2.24) is 15.1 Å². The molecule has 2 N–H and O–H groups in total. The SMILES string of the molecule is O=C(CCSc1ccccc1)NC(=O)Cn1nc(C(=O)O)c2ccccc2c1=O. The number of imide groups is 1. The molecular weight excluding hydrogens is 394 g/mol. The van der Waals surface area contributed by atoms with E-state index in [1.807, 2.05) is 30.3 Å². The van der Waals surface area contributed by atoms with Crippen LogP contribution in [-0.2, 0) is 16.1 Å².